The van der Waals surface area contributed by atoms with Gasteiger partial charge in [-0.05, 0) is 40.8 Å². The highest BCUT2D eigenvalue weighted by atomic mass is 32.2. The summed E-state index contributed by atoms with van der Waals surface area (Å²) in [5.41, 5.74) is 13.3. The van der Waals surface area contributed by atoms with E-state index in [1.807, 2.05) is 0 Å². The molecule has 5 aromatic rings. The summed E-state index contributed by atoms with van der Waals surface area (Å²) in [5, 5.41) is 0.382. The maximum absolute atomic E-state index is 6.65. The van der Waals surface area contributed by atoms with E-state index in [0.29, 0.717) is 17.7 Å². The molecule has 0 aliphatic carbocycles. The molecule has 0 saturated carbocycles. The molecule has 1 aliphatic heterocycles. The molecule has 0 spiro atoms. The summed E-state index contributed by atoms with van der Waals surface area (Å²) in [7, 11) is 0. The Labute approximate surface area is 249 Å². The van der Waals surface area contributed by atoms with E-state index in [-0.39, 0.29) is 10.8 Å². The van der Waals surface area contributed by atoms with E-state index < -0.39 is 0 Å². The monoisotopic (exact) mass is 554 g/mol. The lowest BCUT2D eigenvalue weighted by atomic mass is 9.84. The van der Waals surface area contributed by atoms with E-state index in [1.165, 1.54) is 27.8 Å². The van der Waals surface area contributed by atoms with Gasteiger partial charge in [-0.3, -0.25) is 4.90 Å². The SMILES string of the molecule is NCC1C(SC(c2ccccc2)(c2ccccc2)c2ccccc2)CCN1CC(c1ccccc1)c1ccccc1. The predicted molar refractivity (Wildman–Crippen MR) is 174 cm³/mol. The van der Waals surface area contributed by atoms with Crippen molar-refractivity contribution in [2.75, 3.05) is 19.6 Å². The van der Waals surface area contributed by atoms with Crippen LogP contribution in [-0.4, -0.2) is 35.8 Å². The molecular formula is C38H38N2S. The Morgan fingerprint density at radius 1 is 0.610 bits per heavy atom. The highest BCUT2D eigenvalue weighted by Gasteiger charge is 2.44. The highest BCUT2D eigenvalue weighted by molar-refractivity contribution is 8.01. The lowest BCUT2D eigenvalue weighted by Gasteiger charge is -2.39. The Kier molecular flexibility index (Phi) is 8.67. The van der Waals surface area contributed by atoms with Gasteiger partial charge in [0.15, 0.2) is 0 Å². The van der Waals surface area contributed by atoms with Crippen molar-refractivity contribution in [3.63, 3.8) is 0 Å². The van der Waals surface area contributed by atoms with Gasteiger partial charge in [-0.2, -0.15) is 0 Å². The van der Waals surface area contributed by atoms with Crippen molar-refractivity contribution in [2.24, 2.45) is 5.73 Å². The molecule has 1 saturated heterocycles. The van der Waals surface area contributed by atoms with Gasteiger partial charge >= 0.3 is 0 Å². The van der Waals surface area contributed by atoms with E-state index >= 15 is 0 Å². The van der Waals surface area contributed by atoms with Crippen LogP contribution < -0.4 is 5.73 Å². The van der Waals surface area contributed by atoms with Crippen molar-refractivity contribution in [3.8, 4) is 0 Å². The van der Waals surface area contributed by atoms with Crippen LogP contribution in [0.15, 0.2) is 152 Å². The van der Waals surface area contributed by atoms with Crippen LogP contribution in [0, 0.1) is 0 Å². The van der Waals surface area contributed by atoms with Crippen molar-refractivity contribution < 1.29 is 0 Å². The fraction of sp³-hybridized carbons (Fsp3) is 0.211. The number of nitrogens with zero attached hydrogens (tertiary/aromatic N) is 1. The van der Waals surface area contributed by atoms with E-state index in [1.54, 1.807) is 0 Å². The minimum atomic E-state index is -0.337. The molecule has 206 valence electrons. The molecule has 2 atom stereocenters. The topological polar surface area (TPSA) is 29.3 Å². The zero-order valence-corrected chi connectivity index (χ0v) is 24.2. The van der Waals surface area contributed by atoms with Gasteiger partial charge in [-0.1, -0.05) is 152 Å². The summed E-state index contributed by atoms with van der Waals surface area (Å²) < 4.78 is -0.337. The van der Waals surface area contributed by atoms with Gasteiger partial charge in [0.2, 0.25) is 0 Å². The highest BCUT2D eigenvalue weighted by Crippen LogP contribution is 2.52. The summed E-state index contributed by atoms with van der Waals surface area (Å²) in [6.07, 6.45) is 1.11. The van der Waals surface area contributed by atoms with E-state index in [2.05, 4.69) is 168 Å². The Bertz CT molecular complexity index is 1340. The summed E-state index contributed by atoms with van der Waals surface area (Å²) >= 11 is 2.09. The largest absolute Gasteiger partial charge is 0.329 e. The molecule has 1 aliphatic rings. The summed E-state index contributed by atoms with van der Waals surface area (Å²) in [6.45, 7) is 2.65. The third kappa shape index (κ3) is 5.76. The Hall–Kier alpha value is -3.63. The first-order valence-corrected chi connectivity index (χ1v) is 15.6. The number of rotatable bonds is 10. The van der Waals surface area contributed by atoms with Crippen molar-refractivity contribution in [1.82, 2.24) is 4.90 Å². The second-order valence-electron chi connectivity index (χ2n) is 10.9. The summed E-state index contributed by atoms with van der Waals surface area (Å²) in [5.74, 6) is 0.303. The molecule has 2 N–H and O–H groups in total. The molecule has 2 nitrogen and oxygen atoms in total. The van der Waals surface area contributed by atoms with Crippen LogP contribution in [0.25, 0.3) is 0 Å². The first-order chi connectivity index (χ1) is 20.3. The quantitative estimate of drug-likeness (QED) is 0.178. The standard InChI is InChI=1S/C38H38N2S/c39-28-36-37(26-27-40(36)29-35(30-16-6-1-7-17-30)31-18-8-2-9-19-31)41-38(32-20-10-3-11-21-32,33-22-12-4-13-23-33)34-24-14-5-15-25-34/h1-25,35-37H,26-29,39H2. The zero-order chi connectivity index (χ0) is 27.9. The number of likely N-dealkylation sites (tertiary alicyclic amines) is 1. The average molecular weight is 555 g/mol. The fourth-order valence-electron chi connectivity index (χ4n) is 6.51. The Balaban J connectivity index is 1.37. The Morgan fingerprint density at radius 3 is 1.39 bits per heavy atom. The van der Waals surface area contributed by atoms with Crippen LogP contribution in [0.2, 0.25) is 0 Å². The summed E-state index contributed by atoms with van der Waals surface area (Å²) in [6, 6.07) is 55.3. The van der Waals surface area contributed by atoms with Crippen LogP contribution in [0.5, 0.6) is 0 Å². The van der Waals surface area contributed by atoms with E-state index in [9.17, 15) is 0 Å². The van der Waals surface area contributed by atoms with Crippen LogP contribution in [0.3, 0.4) is 0 Å². The fourth-order valence-corrected chi connectivity index (χ4v) is 8.44. The number of hydrogen-bond acceptors (Lipinski definition) is 3. The van der Waals surface area contributed by atoms with Gasteiger partial charge in [0, 0.05) is 30.3 Å². The maximum atomic E-state index is 6.65. The number of benzene rings is 5. The van der Waals surface area contributed by atoms with Crippen molar-refractivity contribution in [1.29, 1.82) is 0 Å². The van der Waals surface area contributed by atoms with Crippen LogP contribution >= 0.6 is 11.8 Å². The van der Waals surface area contributed by atoms with Crippen LogP contribution in [-0.2, 0) is 4.75 Å². The zero-order valence-electron chi connectivity index (χ0n) is 23.4. The summed E-state index contributed by atoms with van der Waals surface area (Å²) in [4.78, 5) is 2.66. The second-order valence-corrected chi connectivity index (χ2v) is 12.3. The second kappa shape index (κ2) is 12.9. The molecule has 1 heterocycles. The van der Waals surface area contributed by atoms with Gasteiger partial charge in [0.1, 0.15) is 0 Å². The molecule has 3 heteroatoms. The van der Waals surface area contributed by atoms with Crippen molar-refractivity contribution in [3.05, 3.63) is 179 Å². The van der Waals surface area contributed by atoms with Crippen molar-refractivity contribution >= 4 is 11.8 Å². The molecule has 1 fully saturated rings. The van der Waals surface area contributed by atoms with E-state index in [0.717, 1.165) is 19.5 Å². The molecule has 0 amide bonds. The van der Waals surface area contributed by atoms with Gasteiger partial charge in [0.25, 0.3) is 0 Å². The van der Waals surface area contributed by atoms with Gasteiger partial charge < -0.3 is 5.73 Å². The maximum Gasteiger partial charge on any atom is 0.0910 e. The number of thioether (sulfide) groups is 1. The smallest absolute Gasteiger partial charge is 0.0910 e. The van der Waals surface area contributed by atoms with Gasteiger partial charge in [0.05, 0.1) is 4.75 Å². The van der Waals surface area contributed by atoms with Crippen LogP contribution in [0.4, 0.5) is 0 Å². The molecule has 0 bridgehead atoms. The predicted octanol–water partition coefficient (Wildman–Crippen LogP) is 7.95. The van der Waals surface area contributed by atoms with Gasteiger partial charge in [-0.15, -0.1) is 11.8 Å². The molecule has 41 heavy (non-hydrogen) atoms. The molecule has 0 radical (unpaired) electrons. The minimum Gasteiger partial charge on any atom is -0.329 e. The third-order valence-electron chi connectivity index (χ3n) is 8.53. The molecule has 6 rings (SSSR count). The van der Waals surface area contributed by atoms with Crippen molar-refractivity contribution in [2.45, 2.75) is 28.4 Å². The van der Waals surface area contributed by atoms with Crippen LogP contribution in [0.1, 0.15) is 40.2 Å². The lowest BCUT2D eigenvalue weighted by molar-refractivity contribution is 0.253. The number of hydrogen-bond donors (Lipinski definition) is 1. The normalized spacial score (nSPS) is 17.6. The van der Waals surface area contributed by atoms with Gasteiger partial charge in [-0.25, -0.2) is 0 Å². The molecular weight excluding hydrogens is 516 g/mol. The third-order valence-corrected chi connectivity index (χ3v) is 10.4. The minimum absolute atomic E-state index is 0.283. The lowest BCUT2D eigenvalue weighted by Crippen LogP contribution is -2.43. The molecule has 2 unspecified atom stereocenters. The first kappa shape index (κ1) is 27.5. The molecule has 5 aromatic carbocycles. The first-order valence-electron chi connectivity index (χ1n) is 14.7. The average Bonchev–Trinajstić information content (AvgIpc) is 3.45. The Morgan fingerprint density at radius 2 is 1.00 bits per heavy atom. The number of nitrogens with two attached hydrogens (primary N) is 1. The van der Waals surface area contributed by atoms with E-state index in [4.69, 9.17) is 5.73 Å². The molecule has 0 aromatic heterocycles.